The standard InChI is InChI=1S/C10H12N2S/c1-12(6-7-13)10-5-3-2-4-9(10)8-11/h2-5,13H,6-7H2,1H3. The maximum Gasteiger partial charge on any atom is 0.101 e. The molecule has 13 heavy (non-hydrogen) atoms. The normalized spacial score (nSPS) is 9.31. The Morgan fingerprint density at radius 2 is 2.15 bits per heavy atom. The van der Waals surface area contributed by atoms with Crippen LogP contribution in [0.2, 0.25) is 0 Å². The van der Waals surface area contributed by atoms with Gasteiger partial charge in [0.15, 0.2) is 0 Å². The minimum atomic E-state index is 0.715. The van der Waals surface area contributed by atoms with Crippen LogP contribution in [0.4, 0.5) is 5.69 Å². The minimum Gasteiger partial charge on any atom is -0.373 e. The predicted octanol–water partition coefficient (Wildman–Crippen LogP) is 1.92. The van der Waals surface area contributed by atoms with E-state index in [1.54, 1.807) is 0 Å². The topological polar surface area (TPSA) is 27.0 Å². The number of nitriles is 1. The highest BCUT2D eigenvalue weighted by molar-refractivity contribution is 7.80. The van der Waals surface area contributed by atoms with E-state index in [1.165, 1.54) is 0 Å². The molecule has 0 amide bonds. The van der Waals surface area contributed by atoms with Crippen molar-refractivity contribution in [3.05, 3.63) is 29.8 Å². The average Bonchev–Trinajstić information content (AvgIpc) is 2.18. The van der Waals surface area contributed by atoms with Gasteiger partial charge in [0.05, 0.1) is 11.3 Å². The Bertz CT molecular complexity index is 317. The fourth-order valence-electron chi connectivity index (χ4n) is 1.17. The first kappa shape index (κ1) is 9.94. The Labute approximate surface area is 84.2 Å². The summed E-state index contributed by atoms with van der Waals surface area (Å²) in [5.74, 6) is 0.788. The van der Waals surface area contributed by atoms with Gasteiger partial charge < -0.3 is 4.90 Å². The van der Waals surface area contributed by atoms with Crippen LogP contribution in [0.15, 0.2) is 24.3 Å². The molecule has 0 bridgehead atoms. The molecule has 0 fully saturated rings. The monoisotopic (exact) mass is 192 g/mol. The highest BCUT2D eigenvalue weighted by Crippen LogP contribution is 2.17. The highest BCUT2D eigenvalue weighted by Gasteiger charge is 2.04. The van der Waals surface area contributed by atoms with Gasteiger partial charge in [-0.2, -0.15) is 17.9 Å². The summed E-state index contributed by atoms with van der Waals surface area (Å²) < 4.78 is 0. The molecule has 0 radical (unpaired) electrons. The number of rotatable bonds is 3. The molecule has 1 aromatic rings. The molecule has 1 rings (SSSR count). The molecule has 0 N–H and O–H groups in total. The molecule has 0 aliphatic heterocycles. The second-order valence-corrected chi connectivity index (χ2v) is 3.22. The summed E-state index contributed by atoms with van der Waals surface area (Å²) >= 11 is 4.15. The zero-order valence-electron chi connectivity index (χ0n) is 7.57. The van der Waals surface area contributed by atoms with Crippen LogP contribution in [-0.4, -0.2) is 19.3 Å². The van der Waals surface area contributed by atoms with E-state index in [-0.39, 0.29) is 0 Å². The maximum absolute atomic E-state index is 8.84. The van der Waals surface area contributed by atoms with Crippen molar-refractivity contribution < 1.29 is 0 Å². The predicted molar refractivity (Wildman–Crippen MR) is 58.3 cm³/mol. The molecule has 0 heterocycles. The van der Waals surface area contributed by atoms with Gasteiger partial charge in [0.25, 0.3) is 0 Å². The first-order chi connectivity index (χ1) is 6.29. The number of hydrogen-bond donors (Lipinski definition) is 1. The van der Waals surface area contributed by atoms with E-state index in [1.807, 2.05) is 36.2 Å². The lowest BCUT2D eigenvalue weighted by Crippen LogP contribution is -2.20. The third-order valence-electron chi connectivity index (χ3n) is 1.87. The van der Waals surface area contributed by atoms with E-state index in [4.69, 9.17) is 5.26 Å². The van der Waals surface area contributed by atoms with Crippen LogP contribution in [0.5, 0.6) is 0 Å². The van der Waals surface area contributed by atoms with E-state index >= 15 is 0 Å². The number of hydrogen-bond acceptors (Lipinski definition) is 3. The Hall–Kier alpha value is -1.14. The van der Waals surface area contributed by atoms with Gasteiger partial charge in [-0.25, -0.2) is 0 Å². The number of para-hydroxylation sites is 1. The van der Waals surface area contributed by atoms with Crippen molar-refractivity contribution in [2.45, 2.75) is 0 Å². The van der Waals surface area contributed by atoms with Crippen LogP contribution in [-0.2, 0) is 0 Å². The maximum atomic E-state index is 8.84. The number of nitrogens with zero attached hydrogens (tertiary/aromatic N) is 2. The SMILES string of the molecule is CN(CCS)c1ccccc1C#N. The van der Waals surface area contributed by atoms with Gasteiger partial charge in [-0.1, -0.05) is 12.1 Å². The number of benzene rings is 1. The van der Waals surface area contributed by atoms with Gasteiger partial charge in [-0.05, 0) is 12.1 Å². The Morgan fingerprint density at radius 1 is 1.46 bits per heavy atom. The molecule has 1 aromatic carbocycles. The van der Waals surface area contributed by atoms with E-state index in [9.17, 15) is 0 Å². The molecular formula is C10H12N2S. The van der Waals surface area contributed by atoms with Crippen LogP contribution in [0, 0.1) is 11.3 Å². The number of thiol groups is 1. The summed E-state index contributed by atoms with van der Waals surface area (Å²) in [7, 11) is 1.96. The molecule has 0 aromatic heterocycles. The Balaban J connectivity index is 2.93. The van der Waals surface area contributed by atoms with Crippen LogP contribution in [0.3, 0.4) is 0 Å². The van der Waals surface area contributed by atoms with Crippen molar-refractivity contribution in [3.8, 4) is 6.07 Å². The van der Waals surface area contributed by atoms with E-state index in [0.29, 0.717) is 5.56 Å². The van der Waals surface area contributed by atoms with Gasteiger partial charge in [0.2, 0.25) is 0 Å². The van der Waals surface area contributed by atoms with Crippen molar-refractivity contribution in [1.29, 1.82) is 5.26 Å². The molecule has 0 saturated heterocycles. The Kier molecular flexibility index (Phi) is 3.66. The van der Waals surface area contributed by atoms with Gasteiger partial charge in [-0.3, -0.25) is 0 Å². The highest BCUT2D eigenvalue weighted by atomic mass is 32.1. The summed E-state index contributed by atoms with van der Waals surface area (Å²) in [6, 6.07) is 9.75. The van der Waals surface area contributed by atoms with Crippen LogP contribution < -0.4 is 4.90 Å². The molecule has 0 spiro atoms. The fraction of sp³-hybridized carbons (Fsp3) is 0.300. The van der Waals surface area contributed by atoms with Crippen LogP contribution in [0.1, 0.15) is 5.56 Å². The molecule has 0 unspecified atom stereocenters. The van der Waals surface area contributed by atoms with Crippen molar-refractivity contribution in [1.82, 2.24) is 0 Å². The molecular weight excluding hydrogens is 180 g/mol. The third-order valence-corrected chi connectivity index (χ3v) is 2.07. The van der Waals surface area contributed by atoms with E-state index in [0.717, 1.165) is 18.0 Å². The summed E-state index contributed by atoms with van der Waals surface area (Å²) in [6.45, 7) is 0.849. The zero-order chi connectivity index (χ0) is 9.68. The quantitative estimate of drug-likeness (QED) is 0.741. The minimum absolute atomic E-state index is 0.715. The van der Waals surface area contributed by atoms with E-state index < -0.39 is 0 Å². The molecule has 68 valence electrons. The van der Waals surface area contributed by atoms with Gasteiger partial charge in [-0.15, -0.1) is 0 Å². The van der Waals surface area contributed by atoms with Crippen molar-refractivity contribution in [2.75, 3.05) is 24.2 Å². The van der Waals surface area contributed by atoms with Crippen LogP contribution in [0.25, 0.3) is 0 Å². The van der Waals surface area contributed by atoms with Crippen molar-refractivity contribution in [2.24, 2.45) is 0 Å². The lowest BCUT2D eigenvalue weighted by Gasteiger charge is -2.18. The van der Waals surface area contributed by atoms with Crippen LogP contribution >= 0.6 is 12.6 Å². The zero-order valence-corrected chi connectivity index (χ0v) is 8.46. The van der Waals surface area contributed by atoms with Gasteiger partial charge >= 0.3 is 0 Å². The Morgan fingerprint density at radius 3 is 2.77 bits per heavy atom. The van der Waals surface area contributed by atoms with E-state index in [2.05, 4.69) is 18.7 Å². The fourth-order valence-corrected chi connectivity index (χ4v) is 1.47. The molecule has 0 aliphatic carbocycles. The lowest BCUT2D eigenvalue weighted by atomic mass is 10.2. The summed E-state index contributed by atoms with van der Waals surface area (Å²) in [4.78, 5) is 2.03. The smallest absolute Gasteiger partial charge is 0.101 e. The molecule has 2 nitrogen and oxygen atoms in total. The summed E-state index contributed by atoms with van der Waals surface area (Å²) in [6.07, 6.45) is 0. The van der Waals surface area contributed by atoms with Gasteiger partial charge in [0.1, 0.15) is 6.07 Å². The molecule has 3 heteroatoms. The molecule has 0 saturated carbocycles. The first-order valence-corrected chi connectivity index (χ1v) is 4.74. The second-order valence-electron chi connectivity index (χ2n) is 2.77. The van der Waals surface area contributed by atoms with Gasteiger partial charge in [0, 0.05) is 19.3 Å². The molecule has 0 atom stereocenters. The first-order valence-electron chi connectivity index (χ1n) is 4.10. The molecule has 0 aliphatic rings. The second kappa shape index (κ2) is 4.78. The lowest BCUT2D eigenvalue weighted by molar-refractivity contribution is 0.977. The third kappa shape index (κ3) is 2.40. The summed E-state index contributed by atoms with van der Waals surface area (Å²) in [5, 5.41) is 8.84. The summed E-state index contributed by atoms with van der Waals surface area (Å²) in [5.41, 5.74) is 1.69. The average molecular weight is 192 g/mol. The van der Waals surface area contributed by atoms with Crippen molar-refractivity contribution in [3.63, 3.8) is 0 Å². The van der Waals surface area contributed by atoms with Crippen molar-refractivity contribution >= 4 is 18.3 Å². The largest absolute Gasteiger partial charge is 0.373 e. The number of anilines is 1.